The van der Waals surface area contributed by atoms with Gasteiger partial charge in [0.05, 0.1) is 25.9 Å². The molecule has 1 saturated heterocycles. The average molecular weight is 438 g/mol. The lowest BCUT2D eigenvalue weighted by molar-refractivity contribution is 0.0724. The Morgan fingerprint density at radius 2 is 2.16 bits per heavy atom. The van der Waals surface area contributed by atoms with Gasteiger partial charge in [-0.1, -0.05) is 0 Å². The number of nitrogens with zero attached hydrogens (tertiary/aromatic N) is 6. The Kier molecular flexibility index (Phi) is 5.50. The summed E-state index contributed by atoms with van der Waals surface area (Å²) in [5.41, 5.74) is 3.22. The van der Waals surface area contributed by atoms with Crippen molar-refractivity contribution in [2.75, 3.05) is 50.2 Å². The molecule has 3 aromatic heterocycles. The van der Waals surface area contributed by atoms with E-state index in [0.29, 0.717) is 42.7 Å². The van der Waals surface area contributed by atoms with Crippen LogP contribution in [0, 0.1) is 0 Å². The fourth-order valence-corrected chi connectivity index (χ4v) is 4.48. The van der Waals surface area contributed by atoms with E-state index in [1.165, 1.54) is 0 Å². The Hall–Kier alpha value is -3.08. The minimum Gasteiger partial charge on any atom is -0.394 e. The van der Waals surface area contributed by atoms with Crippen LogP contribution in [0.25, 0.3) is 10.9 Å². The Morgan fingerprint density at radius 3 is 3.00 bits per heavy atom. The zero-order chi connectivity index (χ0) is 22.2. The minimum absolute atomic E-state index is 0.0339. The van der Waals surface area contributed by atoms with Crippen LogP contribution >= 0.6 is 0 Å². The van der Waals surface area contributed by atoms with Crippen LogP contribution in [0.3, 0.4) is 0 Å². The second-order valence-electron chi connectivity index (χ2n) is 8.38. The third kappa shape index (κ3) is 3.70. The lowest BCUT2D eigenvalue weighted by Gasteiger charge is -2.35. The van der Waals surface area contributed by atoms with E-state index in [2.05, 4.69) is 27.2 Å². The Morgan fingerprint density at radius 1 is 1.28 bits per heavy atom. The van der Waals surface area contributed by atoms with E-state index < -0.39 is 0 Å². The molecule has 2 N–H and O–H groups in total. The normalized spacial score (nSPS) is 19.2. The first-order valence-electron chi connectivity index (χ1n) is 10.8. The van der Waals surface area contributed by atoms with Crippen LogP contribution < -0.4 is 15.8 Å². The molecular weight excluding hydrogens is 410 g/mol. The van der Waals surface area contributed by atoms with Gasteiger partial charge in [-0.15, -0.1) is 0 Å². The van der Waals surface area contributed by atoms with Gasteiger partial charge in [0.15, 0.2) is 5.82 Å². The highest BCUT2D eigenvalue weighted by Gasteiger charge is 2.26. The van der Waals surface area contributed by atoms with Crippen LogP contribution in [-0.2, 0) is 24.8 Å². The SMILES string of the molecule is CN1CCc2c(cc(Nc3ncc4ccnc(N5CCOCC5CO)c4n3)c(=O)n2C)C1. The largest absolute Gasteiger partial charge is 0.394 e. The van der Waals surface area contributed by atoms with Crippen LogP contribution in [0.2, 0.25) is 0 Å². The molecule has 2 aliphatic heterocycles. The molecule has 2 aliphatic rings. The molecule has 0 spiro atoms. The standard InChI is InChI=1S/C22H27N7O3/c1-27-6-4-18-15(11-27)9-17(21(31)28(18)2)25-22-24-10-14-3-5-23-20(19(14)26-22)29-7-8-32-13-16(29)12-30/h3,5,9-10,16,30H,4,6-8,11-13H2,1-2H3,(H,24,25,26). The summed E-state index contributed by atoms with van der Waals surface area (Å²) in [6, 6.07) is 3.58. The maximum Gasteiger partial charge on any atom is 0.274 e. The lowest BCUT2D eigenvalue weighted by Crippen LogP contribution is -2.48. The molecule has 0 aliphatic carbocycles. The van der Waals surface area contributed by atoms with Crippen molar-refractivity contribution in [3.05, 3.63) is 46.1 Å². The molecule has 0 aromatic carbocycles. The summed E-state index contributed by atoms with van der Waals surface area (Å²) >= 11 is 0. The van der Waals surface area contributed by atoms with Gasteiger partial charge in [-0.2, -0.15) is 0 Å². The fourth-order valence-electron chi connectivity index (χ4n) is 4.48. The van der Waals surface area contributed by atoms with Crippen LogP contribution in [0.4, 0.5) is 17.5 Å². The average Bonchev–Trinajstić information content (AvgIpc) is 2.82. The molecule has 10 heteroatoms. The van der Waals surface area contributed by atoms with Crippen molar-refractivity contribution in [1.29, 1.82) is 0 Å². The number of likely N-dealkylation sites (N-methyl/N-ethyl adjacent to an activating group) is 1. The number of fused-ring (bicyclic) bond motifs is 2. The topological polar surface area (TPSA) is 109 Å². The van der Waals surface area contributed by atoms with Crippen LogP contribution in [-0.4, -0.2) is 75.5 Å². The van der Waals surface area contributed by atoms with Gasteiger partial charge in [0.25, 0.3) is 5.56 Å². The summed E-state index contributed by atoms with van der Waals surface area (Å²) in [7, 11) is 3.89. The van der Waals surface area contributed by atoms with Gasteiger partial charge in [-0.25, -0.2) is 15.0 Å². The summed E-state index contributed by atoms with van der Waals surface area (Å²) in [5, 5.41) is 13.7. The Bertz CT molecular complexity index is 1210. The van der Waals surface area contributed by atoms with Gasteiger partial charge >= 0.3 is 0 Å². The van der Waals surface area contributed by atoms with Crippen molar-refractivity contribution >= 4 is 28.4 Å². The molecule has 3 aromatic rings. The van der Waals surface area contributed by atoms with E-state index in [9.17, 15) is 9.90 Å². The van der Waals surface area contributed by atoms with Crippen LogP contribution in [0.15, 0.2) is 29.3 Å². The van der Waals surface area contributed by atoms with Crippen molar-refractivity contribution in [3.8, 4) is 0 Å². The summed E-state index contributed by atoms with van der Waals surface area (Å²) in [6.45, 7) is 3.31. The number of anilines is 3. The molecule has 0 bridgehead atoms. The van der Waals surface area contributed by atoms with E-state index in [1.807, 2.05) is 24.1 Å². The molecule has 0 amide bonds. The first-order chi connectivity index (χ1) is 15.5. The van der Waals surface area contributed by atoms with E-state index in [-0.39, 0.29) is 18.2 Å². The third-order valence-corrected chi connectivity index (χ3v) is 6.24. The summed E-state index contributed by atoms with van der Waals surface area (Å²) < 4.78 is 7.22. The monoisotopic (exact) mass is 437 g/mol. The molecule has 1 atom stereocenters. The zero-order valence-corrected chi connectivity index (χ0v) is 18.3. The van der Waals surface area contributed by atoms with E-state index in [4.69, 9.17) is 9.72 Å². The van der Waals surface area contributed by atoms with Crippen LogP contribution in [0.5, 0.6) is 0 Å². The molecule has 10 nitrogen and oxygen atoms in total. The van der Waals surface area contributed by atoms with Gasteiger partial charge in [0.1, 0.15) is 11.2 Å². The highest BCUT2D eigenvalue weighted by atomic mass is 16.5. The van der Waals surface area contributed by atoms with Gasteiger partial charge in [-0.3, -0.25) is 4.79 Å². The van der Waals surface area contributed by atoms with Crippen molar-refractivity contribution in [3.63, 3.8) is 0 Å². The van der Waals surface area contributed by atoms with Crippen molar-refractivity contribution in [1.82, 2.24) is 24.4 Å². The van der Waals surface area contributed by atoms with E-state index in [1.54, 1.807) is 17.0 Å². The molecule has 32 heavy (non-hydrogen) atoms. The second kappa shape index (κ2) is 8.45. The number of aliphatic hydroxyl groups excluding tert-OH is 1. The summed E-state index contributed by atoms with van der Waals surface area (Å²) in [5.74, 6) is 1.01. The molecule has 5 rings (SSSR count). The highest BCUT2D eigenvalue weighted by molar-refractivity contribution is 5.89. The maximum absolute atomic E-state index is 13.0. The third-order valence-electron chi connectivity index (χ3n) is 6.24. The second-order valence-corrected chi connectivity index (χ2v) is 8.38. The molecule has 0 saturated carbocycles. The van der Waals surface area contributed by atoms with E-state index in [0.717, 1.165) is 36.2 Å². The van der Waals surface area contributed by atoms with Crippen LogP contribution in [0.1, 0.15) is 11.3 Å². The van der Waals surface area contributed by atoms with Gasteiger partial charge in [0.2, 0.25) is 5.95 Å². The number of aromatic nitrogens is 4. The summed E-state index contributed by atoms with van der Waals surface area (Å²) in [4.78, 5) is 30.9. The first-order valence-corrected chi connectivity index (χ1v) is 10.8. The Labute approximate surface area is 185 Å². The molecule has 5 heterocycles. The predicted octanol–water partition coefficient (Wildman–Crippen LogP) is 0.653. The number of ether oxygens (including phenoxy) is 1. The quantitative estimate of drug-likeness (QED) is 0.608. The number of morpholine rings is 1. The number of hydrogen-bond donors (Lipinski definition) is 2. The minimum atomic E-state index is -0.182. The number of rotatable bonds is 4. The van der Waals surface area contributed by atoms with Gasteiger partial charge in [-0.05, 0) is 24.7 Å². The Balaban J connectivity index is 1.53. The lowest BCUT2D eigenvalue weighted by atomic mass is 10.1. The van der Waals surface area contributed by atoms with E-state index >= 15 is 0 Å². The number of hydrogen-bond acceptors (Lipinski definition) is 9. The smallest absolute Gasteiger partial charge is 0.274 e. The number of pyridine rings is 2. The van der Waals surface area contributed by atoms with Crippen molar-refractivity contribution in [2.45, 2.75) is 19.0 Å². The molecule has 1 fully saturated rings. The molecule has 1 unspecified atom stereocenters. The molecule has 168 valence electrons. The maximum atomic E-state index is 13.0. The summed E-state index contributed by atoms with van der Waals surface area (Å²) in [6.07, 6.45) is 4.29. The van der Waals surface area contributed by atoms with Gasteiger partial charge in [0, 0.05) is 56.6 Å². The zero-order valence-electron chi connectivity index (χ0n) is 18.3. The van der Waals surface area contributed by atoms with Crippen molar-refractivity contribution in [2.24, 2.45) is 7.05 Å². The predicted molar refractivity (Wildman–Crippen MR) is 121 cm³/mol. The van der Waals surface area contributed by atoms with Crippen molar-refractivity contribution < 1.29 is 9.84 Å². The number of nitrogens with one attached hydrogen (secondary N) is 1. The first kappa shape index (κ1) is 20.8. The molecule has 0 radical (unpaired) electrons. The fraction of sp³-hybridized carbons (Fsp3) is 0.455. The van der Waals surface area contributed by atoms with Gasteiger partial charge < -0.3 is 29.5 Å². The number of aliphatic hydroxyl groups is 1. The highest BCUT2D eigenvalue weighted by Crippen LogP contribution is 2.27. The molecular formula is C22H27N7O3.